The van der Waals surface area contributed by atoms with E-state index in [-0.39, 0.29) is 5.91 Å². The largest absolute Gasteiger partial charge is 0.493 e. The van der Waals surface area contributed by atoms with Crippen molar-refractivity contribution >= 4 is 12.1 Å². The second-order valence-electron chi connectivity index (χ2n) is 6.16. The first-order valence-electron chi connectivity index (χ1n) is 8.72. The number of hydrogen-bond donors (Lipinski definition) is 1. The molecule has 2 aromatic rings. The van der Waals surface area contributed by atoms with Gasteiger partial charge in [-0.05, 0) is 55.2 Å². The van der Waals surface area contributed by atoms with Gasteiger partial charge in [-0.3, -0.25) is 4.79 Å². The summed E-state index contributed by atoms with van der Waals surface area (Å²) in [6, 6.07) is 11.6. The third-order valence-electron chi connectivity index (χ3n) is 3.90. The lowest BCUT2D eigenvalue weighted by molar-refractivity contribution is -0.120. The number of hydrazone groups is 1. The van der Waals surface area contributed by atoms with Crippen LogP contribution in [-0.2, 0) is 11.2 Å². The van der Waals surface area contributed by atoms with Crippen LogP contribution < -0.4 is 14.9 Å². The molecule has 5 nitrogen and oxygen atoms in total. The van der Waals surface area contributed by atoms with Gasteiger partial charge < -0.3 is 9.47 Å². The average molecular weight is 354 g/mol. The molecule has 0 atom stereocenters. The van der Waals surface area contributed by atoms with Gasteiger partial charge in [-0.15, -0.1) is 0 Å². The molecule has 0 spiro atoms. The lowest BCUT2D eigenvalue weighted by Crippen LogP contribution is -2.20. The lowest BCUT2D eigenvalue weighted by atomic mass is 10.0. The Morgan fingerprint density at radius 2 is 1.96 bits per heavy atom. The van der Waals surface area contributed by atoms with Crippen LogP contribution in [0.5, 0.6) is 11.5 Å². The van der Waals surface area contributed by atoms with Gasteiger partial charge in [0.15, 0.2) is 11.5 Å². The number of carbonyl (C=O) groups excluding carboxylic acids is 1. The molecule has 0 bridgehead atoms. The molecule has 0 radical (unpaired) electrons. The Morgan fingerprint density at radius 3 is 2.65 bits per heavy atom. The van der Waals surface area contributed by atoms with Gasteiger partial charge in [0.05, 0.1) is 26.4 Å². The molecule has 1 amide bonds. The Hall–Kier alpha value is -2.82. The van der Waals surface area contributed by atoms with Crippen molar-refractivity contribution in [2.75, 3.05) is 13.7 Å². The van der Waals surface area contributed by atoms with Crippen LogP contribution in [0.4, 0.5) is 0 Å². The van der Waals surface area contributed by atoms with Gasteiger partial charge in [0.2, 0.25) is 5.91 Å². The molecule has 5 heteroatoms. The Bertz CT molecular complexity index is 785. The van der Waals surface area contributed by atoms with Crippen molar-refractivity contribution < 1.29 is 14.3 Å². The summed E-state index contributed by atoms with van der Waals surface area (Å²) in [5.74, 6) is 1.19. The van der Waals surface area contributed by atoms with E-state index in [0.717, 1.165) is 23.1 Å². The van der Waals surface area contributed by atoms with Gasteiger partial charge in [-0.25, -0.2) is 5.43 Å². The minimum atomic E-state index is -0.150. The number of amides is 1. The first-order chi connectivity index (χ1) is 12.5. The number of aryl methyl sites for hydroxylation is 2. The molecule has 2 aromatic carbocycles. The fraction of sp³-hybridized carbons (Fsp3) is 0.333. The lowest BCUT2D eigenvalue weighted by Gasteiger charge is -2.10. The molecule has 138 valence electrons. The van der Waals surface area contributed by atoms with E-state index in [0.29, 0.717) is 24.5 Å². The molecule has 0 aliphatic carbocycles. The Balaban J connectivity index is 1.95. The molecule has 0 heterocycles. The van der Waals surface area contributed by atoms with E-state index < -0.39 is 0 Å². The van der Waals surface area contributed by atoms with Gasteiger partial charge >= 0.3 is 0 Å². The third kappa shape index (κ3) is 5.62. The van der Waals surface area contributed by atoms with Crippen LogP contribution in [0.3, 0.4) is 0 Å². The third-order valence-corrected chi connectivity index (χ3v) is 3.90. The van der Waals surface area contributed by atoms with Crippen molar-refractivity contribution in [3.8, 4) is 11.5 Å². The number of nitrogens with one attached hydrogen (secondary N) is 1. The number of nitrogens with zero attached hydrogens (tertiary/aromatic N) is 1. The monoisotopic (exact) mass is 354 g/mol. The summed E-state index contributed by atoms with van der Waals surface area (Å²) in [6.45, 7) is 6.73. The van der Waals surface area contributed by atoms with Crippen LogP contribution in [0.15, 0.2) is 41.5 Å². The number of ether oxygens (including phenoxy) is 2. The normalized spacial score (nSPS) is 10.8. The standard InChI is InChI=1S/C21H26N2O3/c1-5-10-26-19-9-7-17(12-20(19)25-4)14-22-23-21(24)13-18-8-6-15(2)11-16(18)3/h6-9,11-12,14H,5,10,13H2,1-4H3,(H,23,24)/b22-14+. The maximum atomic E-state index is 12.1. The van der Waals surface area contributed by atoms with Gasteiger partial charge in [0.25, 0.3) is 0 Å². The van der Waals surface area contributed by atoms with Crippen LogP contribution in [0.25, 0.3) is 0 Å². The quantitative estimate of drug-likeness (QED) is 0.579. The molecule has 0 fully saturated rings. The van der Waals surface area contributed by atoms with E-state index in [1.165, 1.54) is 5.56 Å². The summed E-state index contributed by atoms with van der Waals surface area (Å²) < 4.78 is 11.0. The average Bonchev–Trinajstić information content (AvgIpc) is 2.62. The van der Waals surface area contributed by atoms with Crippen LogP contribution in [0.1, 0.15) is 35.6 Å². The molecule has 0 aromatic heterocycles. The van der Waals surface area contributed by atoms with Crippen LogP contribution >= 0.6 is 0 Å². The molecule has 0 aliphatic rings. The highest BCUT2D eigenvalue weighted by Crippen LogP contribution is 2.27. The Morgan fingerprint density at radius 1 is 1.15 bits per heavy atom. The zero-order valence-electron chi connectivity index (χ0n) is 15.8. The van der Waals surface area contributed by atoms with Gasteiger partial charge in [-0.2, -0.15) is 5.10 Å². The van der Waals surface area contributed by atoms with E-state index in [4.69, 9.17) is 9.47 Å². The summed E-state index contributed by atoms with van der Waals surface area (Å²) >= 11 is 0. The minimum Gasteiger partial charge on any atom is -0.493 e. The summed E-state index contributed by atoms with van der Waals surface area (Å²) in [7, 11) is 1.60. The number of carbonyl (C=O) groups is 1. The van der Waals surface area contributed by atoms with E-state index >= 15 is 0 Å². The van der Waals surface area contributed by atoms with E-state index in [2.05, 4.69) is 16.6 Å². The van der Waals surface area contributed by atoms with Crippen molar-refractivity contribution in [3.05, 3.63) is 58.7 Å². The molecule has 0 unspecified atom stereocenters. The van der Waals surface area contributed by atoms with E-state index in [1.54, 1.807) is 13.3 Å². The molecule has 0 saturated heterocycles. The number of benzene rings is 2. The van der Waals surface area contributed by atoms with Gasteiger partial charge in [-0.1, -0.05) is 30.7 Å². The summed E-state index contributed by atoms with van der Waals surface area (Å²) in [5, 5.41) is 4.03. The molecular weight excluding hydrogens is 328 g/mol. The second-order valence-corrected chi connectivity index (χ2v) is 6.16. The SMILES string of the molecule is CCCOc1ccc(/C=N/NC(=O)Cc2ccc(C)cc2C)cc1OC. The molecular formula is C21H26N2O3. The zero-order valence-corrected chi connectivity index (χ0v) is 15.8. The van der Waals surface area contributed by atoms with Crippen LogP contribution in [-0.4, -0.2) is 25.8 Å². The Labute approximate surface area is 155 Å². The van der Waals surface area contributed by atoms with Crippen molar-refractivity contribution in [1.82, 2.24) is 5.43 Å². The maximum absolute atomic E-state index is 12.1. The minimum absolute atomic E-state index is 0.150. The van der Waals surface area contributed by atoms with Gasteiger partial charge in [0.1, 0.15) is 0 Å². The van der Waals surface area contributed by atoms with Gasteiger partial charge in [0, 0.05) is 0 Å². The van der Waals surface area contributed by atoms with E-state index in [1.807, 2.05) is 51.1 Å². The number of methoxy groups -OCH3 is 1. The van der Waals surface area contributed by atoms with Crippen molar-refractivity contribution in [3.63, 3.8) is 0 Å². The number of rotatable bonds is 8. The highest BCUT2D eigenvalue weighted by atomic mass is 16.5. The summed E-state index contributed by atoms with van der Waals surface area (Å²) in [5.41, 5.74) is 6.68. The smallest absolute Gasteiger partial charge is 0.244 e. The van der Waals surface area contributed by atoms with Crippen LogP contribution in [0, 0.1) is 13.8 Å². The summed E-state index contributed by atoms with van der Waals surface area (Å²) in [4.78, 5) is 12.1. The van der Waals surface area contributed by atoms with Crippen molar-refractivity contribution in [1.29, 1.82) is 0 Å². The van der Waals surface area contributed by atoms with Crippen molar-refractivity contribution in [2.45, 2.75) is 33.6 Å². The van der Waals surface area contributed by atoms with Crippen molar-refractivity contribution in [2.24, 2.45) is 5.10 Å². The summed E-state index contributed by atoms with van der Waals surface area (Å²) in [6.07, 6.45) is 2.82. The fourth-order valence-electron chi connectivity index (χ4n) is 2.53. The highest BCUT2D eigenvalue weighted by molar-refractivity contribution is 5.84. The molecule has 1 N–H and O–H groups in total. The molecule has 2 rings (SSSR count). The number of hydrogen-bond acceptors (Lipinski definition) is 4. The highest BCUT2D eigenvalue weighted by Gasteiger charge is 2.06. The molecule has 26 heavy (non-hydrogen) atoms. The maximum Gasteiger partial charge on any atom is 0.244 e. The van der Waals surface area contributed by atoms with E-state index in [9.17, 15) is 4.79 Å². The first kappa shape index (κ1) is 19.5. The predicted octanol–water partition coefficient (Wildman–Crippen LogP) is 3.79. The van der Waals surface area contributed by atoms with Crippen LogP contribution in [0.2, 0.25) is 0 Å². The molecule has 0 aliphatic heterocycles. The fourth-order valence-corrected chi connectivity index (χ4v) is 2.53. The molecule has 0 saturated carbocycles. The predicted molar refractivity (Wildman–Crippen MR) is 104 cm³/mol. The topological polar surface area (TPSA) is 59.9 Å². The first-order valence-corrected chi connectivity index (χ1v) is 8.72. The zero-order chi connectivity index (χ0) is 18.9. The Kier molecular flexibility index (Phi) is 7.21. The second kappa shape index (κ2) is 9.61.